The number of rotatable bonds is 4. The predicted molar refractivity (Wildman–Crippen MR) is 92.5 cm³/mol. The molecule has 0 amide bonds. The lowest BCUT2D eigenvalue weighted by Gasteiger charge is -2.20. The van der Waals surface area contributed by atoms with E-state index in [9.17, 15) is 14.7 Å². The number of ether oxygens (including phenoxy) is 1. The third-order valence-electron chi connectivity index (χ3n) is 3.69. The van der Waals surface area contributed by atoms with Crippen molar-refractivity contribution in [3.05, 3.63) is 93.7 Å². The van der Waals surface area contributed by atoms with Crippen molar-refractivity contribution in [2.75, 3.05) is 0 Å². The van der Waals surface area contributed by atoms with Crippen molar-refractivity contribution in [2.24, 2.45) is 0 Å². The highest BCUT2D eigenvalue weighted by atomic mass is 79.9. The van der Waals surface area contributed by atoms with Gasteiger partial charge in [0.2, 0.25) is 0 Å². The summed E-state index contributed by atoms with van der Waals surface area (Å²) in [5.41, 5.74) is 1.62. The van der Waals surface area contributed by atoms with E-state index in [1.807, 2.05) is 60.7 Å². The quantitative estimate of drug-likeness (QED) is 0.639. The van der Waals surface area contributed by atoms with E-state index in [1.165, 1.54) is 6.08 Å². The third kappa shape index (κ3) is 3.16. The number of carboxylic acid groups (broad SMARTS) is 1. The van der Waals surface area contributed by atoms with Crippen LogP contribution in [0.1, 0.15) is 17.0 Å². The number of aliphatic carboxylic acids is 1. The van der Waals surface area contributed by atoms with Gasteiger partial charge in [-0.3, -0.25) is 0 Å². The van der Waals surface area contributed by atoms with Crippen molar-refractivity contribution >= 4 is 27.9 Å². The Morgan fingerprint density at radius 3 is 1.83 bits per heavy atom. The Labute approximate surface area is 147 Å². The molecule has 4 nitrogen and oxygen atoms in total. The minimum atomic E-state index is -1.14. The Hall–Kier alpha value is -2.66. The summed E-state index contributed by atoms with van der Waals surface area (Å²) in [4.78, 5) is 23.6. The van der Waals surface area contributed by atoms with Crippen molar-refractivity contribution in [1.29, 1.82) is 0 Å². The summed E-state index contributed by atoms with van der Waals surface area (Å²) in [6.07, 6.45) is 1.23. The lowest BCUT2D eigenvalue weighted by molar-refractivity contribution is -0.134. The number of hydrogen-bond donors (Lipinski definition) is 1. The standard InChI is InChI=1S/C19H13BrO4/c20-14-11-15(21)24-18(14)17(19(22)23)16(12-7-3-1-4-8-12)13-9-5-2-6-10-13/h1-11,16H,(H,22,23)/b18-17-. The Bertz CT molecular complexity index is 799. The monoisotopic (exact) mass is 384 g/mol. The number of allylic oxidation sites excluding steroid dienone is 1. The smallest absolute Gasteiger partial charge is 0.337 e. The van der Waals surface area contributed by atoms with E-state index in [4.69, 9.17) is 4.74 Å². The fraction of sp³-hybridized carbons (Fsp3) is 0.0526. The second kappa shape index (κ2) is 6.84. The molecule has 0 atom stereocenters. The molecule has 3 rings (SSSR count). The lowest BCUT2D eigenvalue weighted by atomic mass is 9.84. The van der Waals surface area contributed by atoms with Crippen LogP contribution in [0.5, 0.6) is 0 Å². The van der Waals surface area contributed by atoms with E-state index in [0.29, 0.717) is 4.48 Å². The maximum Gasteiger partial charge on any atom is 0.337 e. The summed E-state index contributed by atoms with van der Waals surface area (Å²) < 4.78 is 5.48. The Balaban J connectivity index is 2.24. The highest BCUT2D eigenvalue weighted by molar-refractivity contribution is 9.12. The molecular formula is C19H13BrO4. The van der Waals surface area contributed by atoms with E-state index in [1.54, 1.807) is 0 Å². The molecule has 1 N–H and O–H groups in total. The summed E-state index contributed by atoms with van der Waals surface area (Å²) >= 11 is 3.22. The molecule has 1 aliphatic heterocycles. The second-order valence-corrected chi connectivity index (χ2v) is 6.07. The molecule has 0 fully saturated rings. The Morgan fingerprint density at radius 2 is 1.46 bits per heavy atom. The average molecular weight is 385 g/mol. The van der Waals surface area contributed by atoms with Gasteiger partial charge in [0, 0.05) is 12.0 Å². The first kappa shape index (κ1) is 16.2. The van der Waals surface area contributed by atoms with E-state index in [0.717, 1.165) is 11.1 Å². The van der Waals surface area contributed by atoms with Gasteiger partial charge in [0.1, 0.15) is 0 Å². The molecule has 120 valence electrons. The maximum atomic E-state index is 12.0. The molecule has 0 bridgehead atoms. The number of benzene rings is 2. The van der Waals surface area contributed by atoms with Crippen molar-refractivity contribution in [1.82, 2.24) is 0 Å². The third-order valence-corrected chi connectivity index (χ3v) is 4.28. The first-order valence-corrected chi connectivity index (χ1v) is 8.04. The zero-order chi connectivity index (χ0) is 17.1. The van der Waals surface area contributed by atoms with Crippen LogP contribution in [0.15, 0.2) is 82.6 Å². The number of carboxylic acids is 1. The predicted octanol–water partition coefficient (Wildman–Crippen LogP) is 3.99. The zero-order valence-electron chi connectivity index (χ0n) is 12.5. The van der Waals surface area contributed by atoms with Crippen molar-refractivity contribution < 1.29 is 19.4 Å². The first-order valence-electron chi connectivity index (χ1n) is 7.24. The largest absolute Gasteiger partial charge is 0.478 e. The van der Waals surface area contributed by atoms with Crippen LogP contribution in [0.2, 0.25) is 0 Å². The van der Waals surface area contributed by atoms with Gasteiger partial charge in [-0.05, 0) is 27.1 Å². The highest BCUT2D eigenvalue weighted by Crippen LogP contribution is 2.38. The fourth-order valence-corrected chi connectivity index (χ4v) is 3.18. The second-order valence-electron chi connectivity index (χ2n) is 5.22. The van der Waals surface area contributed by atoms with Gasteiger partial charge in [-0.25, -0.2) is 9.59 Å². The number of hydrogen-bond acceptors (Lipinski definition) is 3. The maximum absolute atomic E-state index is 12.0. The van der Waals surface area contributed by atoms with E-state index in [2.05, 4.69) is 15.9 Å². The summed E-state index contributed by atoms with van der Waals surface area (Å²) in [5, 5.41) is 9.83. The number of esters is 1. The minimum absolute atomic E-state index is 0.0152. The summed E-state index contributed by atoms with van der Waals surface area (Å²) in [5.74, 6) is -2.24. The van der Waals surface area contributed by atoms with Gasteiger partial charge in [0.15, 0.2) is 5.76 Å². The van der Waals surface area contributed by atoms with Crippen LogP contribution >= 0.6 is 15.9 Å². The molecule has 0 aromatic heterocycles. The van der Waals surface area contributed by atoms with E-state index >= 15 is 0 Å². The SMILES string of the molecule is O=C1C=C(Br)/C(=C(/C(=O)O)C(c2ccccc2)c2ccccc2)O1. The minimum Gasteiger partial charge on any atom is -0.478 e. The highest BCUT2D eigenvalue weighted by Gasteiger charge is 2.33. The van der Waals surface area contributed by atoms with Gasteiger partial charge in [-0.15, -0.1) is 0 Å². The van der Waals surface area contributed by atoms with Crippen LogP contribution in [-0.2, 0) is 14.3 Å². The molecule has 0 radical (unpaired) electrons. The van der Waals surface area contributed by atoms with Crippen molar-refractivity contribution in [3.63, 3.8) is 0 Å². The Morgan fingerprint density at radius 1 is 0.958 bits per heavy atom. The molecule has 5 heteroatoms. The van der Waals surface area contributed by atoms with E-state index in [-0.39, 0.29) is 11.3 Å². The summed E-state index contributed by atoms with van der Waals surface area (Å²) in [6.45, 7) is 0. The van der Waals surface area contributed by atoms with Crippen LogP contribution in [0.3, 0.4) is 0 Å². The number of cyclic esters (lactones) is 1. The molecule has 0 saturated heterocycles. The van der Waals surface area contributed by atoms with Gasteiger partial charge in [-0.1, -0.05) is 60.7 Å². The fourth-order valence-electron chi connectivity index (χ4n) is 2.70. The van der Waals surface area contributed by atoms with Gasteiger partial charge < -0.3 is 9.84 Å². The summed E-state index contributed by atoms with van der Waals surface area (Å²) in [7, 11) is 0. The van der Waals surface area contributed by atoms with Crippen LogP contribution in [-0.4, -0.2) is 17.0 Å². The zero-order valence-corrected chi connectivity index (χ0v) is 14.1. The number of carbonyl (C=O) groups excluding carboxylic acids is 1. The lowest BCUT2D eigenvalue weighted by Crippen LogP contribution is -2.16. The van der Waals surface area contributed by atoms with Gasteiger partial charge >= 0.3 is 11.9 Å². The molecule has 24 heavy (non-hydrogen) atoms. The molecule has 0 saturated carbocycles. The molecule has 1 aliphatic rings. The van der Waals surface area contributed by atoms with Crippen molar-refractivity contribution in [2.45, 2.75) is 5.92 Å². The Kier molecular flexibility index (Phi) is 4.62. The molecular weight excluding hydrogens is 372 g/mol. The van der Waals surface area contributed by atoms with E-state index < -0.39 is 17.9 Å². The molecule has 2 aromatic rings. The normalized spacial score (nSPS) is 15.9. The van der Waals surface area contributed by atoms with Crippen LogP contribution in [0.25, 0.3) is 0 Å². The van der Waals surface area contributed by atoms with Crippen LogP contribution in [0.4, 0.5) is 0 Å². The number of halogens is 1. The molecule has 0 spiro atoms. The van der Waals surface area contributed by atoms with Gasteiger partial charge in [0.05, 0.1) is 10.1 Å². The molecule has 1 heterocycles. The molecule has 0 unspecified atom stereocenters. The van der Waals surface area contributed by atoms with Gasteiger partial charge in [0.25, 0.3) is 0 Å². The van der Waals surface area contributed by atoms with Gasteiger partial charge in [-0.2, -0.15) is 0 Å². The average Bonchev–Trinajstić information content (AvgIpc) is 2.91. The summed E-state index contributed by atoms with van der Waals surface area (Å²) in [6, 6.07) is 18.6. The molecule has 0 aliphatic carbocycles. The molecule has 2 aromatic carbocycles. The first-order chi connectivity index (χ1) is 11.6. The topological polar surface area (TPSA) is 63.6 Å². The van der Waals surface area contributed by atoms with Crippen LogP contribution in [0, 0.1) is 0 Å². The number of carbonyl (C=O) groups is 2. The van der Waals surface area contributed by atoms with Crippen molar-refractivity contribution in [3.8, 4) is 0 Å². The van der Waals surface area contributed by atoms with Crippen LogP contribution < -0.4 is 0 Å².